The monoisotopic (exact) mass is 149 g/mol. The maximum Gasteiger partial charge on any atom is 0.0629 e. The molecule has 0 saturated heterocycles. The van der Waals surface area contributed by atoms with Gasteiger partial charge < -0.3 is 5.11 Å². The number of hydrogen-bond acceptors (Lipinski definition) is 2. The van der Waals surface area contributed by atoms with Crippen molar-refractivity contribution in [2.24, 2.45) is 0 Å². The Morgan fingerprint density at radius 1 is 1.64 bits per heavy atom. The molecule has 0 radical (unpaired) electrons. The van der Waals surface area contributed by atoms with Crippen molar-refractivity contribution < 1.29 is 5.11 Å². The van der Waals surface area contributed by atoms with Crippen LogP contribution in [-0.2, 0) is 0 Å². The molecule has 0 atom stereocenters. The third kappa shape index (κ3) is 2.51. The van der Waals surface area contributed by atoms with Gasteiger partial charge in [0.1, 0.15) is 0 Å². The summed E-state index contributed by atoms with van der Waals surface area (Å²) in [5, 5.41) is 8.48. The van der Waals surface area contributed by atoms with Crippen molar-refractivity contribution in [3.8, 4) is 0 Å². The minimum Gasteiger partial charge on any atom is -0.392 e. The van der Waals surface area contributed by atoms with Gasteiger partial charge >= 0.3 is 0 Å². The molecule has 0 aliphatic carbocycles. The highest BCUT2D eigenvalue weighted by molar-refractivity contribution is 5.45. The summed E-state index contributed by atoms with van der Waals surface area (Å²) in [7, 11) is 0. The van der Waals surface area contributed by atoms with Crippen molar-refractivity contribution in [3.05, 3.63) is 35.7 Å². The van der Waals surface area contributed by atoms with E-state index in [1.165, 1.54) is 5.56 Å². The van der Waals surface area contributed by atoms with Gasteiger partial charge in [-0.1, -0.05) is 6.08 Å². The van der Waals surface area contributed by atoms with Crippen LogP contribution < -0.4 is 0 Å². The van der Waals surface area contributed by atoms with Crippen LogP contribution in [0, 0.1) is 6.92 Å². The molecule has 0 unspecified atom stereocenters. The maximum atomic E-state index is 8.48. The van der Waals surface area contributed by atoms with E-state index in [4.69, 9.17) is 5.11 Å². The number of hydrogen-bond donors (Lipinski definition) is 1. The molecule has 0 aliphatic heterocycles. The summed E-state index contributed by atoms with van der Waals surface area (Å²) in [5.41, 5.74) is 2.07. The predicted molar refractivity (Wildman–Crippen MR) is 45.1 cm³/mol. The molecule has 58 valence electrons. The molecule has 0 fully saturated rings. The smallest absolute Gasteiger partial charge is 0.0629 e. The minimum absolute atomic E-state index is 0.0651. The average molecular weight is 149 g/mol. The van der Waals surface area contributed by atoms with Gasteiger partial charge in [0.2, 0.25) is 0 Å². The Kier molecular flexibility index (Phi) is 2.81. The number of aliphatic hydroxyl groups excluding tert-OH is 1. The first-order valence-electron chi connectivity index (χ1n) is 3.53. The van der Waals surface area contributed by atoms with Crippen LogP contribution in [0.15, 0.2) is 24.4 Å². The Bertz CT molecular complexity index is 255. The van der Waals surface area contributed by atoms with E-state index in [-0.39, 0.29) is 6.61 Å². The van der Waals surface area contributed by atoms with Crippen LogP contribution in [0.2, 0.25) is 0 Å². The first-order chi connectivity index (χ1) is 5.33. The summed E-state index contributed by atoms with van der Waals surface area (Å²) < 4.78 is 0. The van der Waals surface area contributed by atoms with Gasteiger partial charge in [0, 0.05) is 6.20 Å². The molecular formula is C9H11NO. The lowest BCUT2D eigenvalue weighted by Crippen LogP contribution is -1.81. The fourth-order valence-corrected chi connectivity index (χ4v) is 0.824. The van der Waals surface area contributed by atoms with Crippen molar-refractivity contribution in [3.63, 3.8) is 0 Å². The predicted octanol–water partition coefficient (Wildman–Crippen LogP) is 1.40. The molecular weight excluding hydrogens is 138 g/mol. The molecule has 11 heavy (non-hydrogen) atoms. The molecule has 1 rings (SSSR count). The van der Waals surface area contributed by atoms with Crippen molar-refractivity contribution in [2.75, 3.05) is 6.61 Å². The molecule has 2 heteroatoms. The topological polar surface area (TPSA) is 33.1 Å². The highest BCUT2D eigenvalue weighted by Crippen LogP contribution is 2.00. The second kappa shape index (κ2) is 3.88. The number of aryl methyl sites for hydroxylation is 1. The van der Waals surface area contributed by atoms with Gasteiger partial charge in [0.25, 0.3) is 0 Å². The molecule has 0 amide bonds. The van der Waals surface area contributed by atoms with Gasteiger partial charge in [0.05, 0.1) is 12.3 Å². The van der Waals surface area contributed by atoms with Crippen molar-refractivity contribution in [1.29, 1.82) is 0 Å². The van der Waals surface area contributed by atoms with Gasteiger partial charge in [-0.2, -0.15) is 0 Å². The van der Waals surface area contributed by atoms with Crippen LogP contribution in [0.1, 0.15) is 11.3 Å². The zero-order valence-corrected chi connectivity index (χ0v) is 6.49. The third-order valence-electron chi connectivity index (χ3n) is 1.33. The van der Waals surface area contributed by atoms with Gasteiger partial charge in [-0.15, -0.1) is 0 Å². The van der Waals surface area contributed by atoms with Gasteiger partial charge in [-0.3, -0.25) is 4.98 Å². The standard InChI is InChI=1S/C9H11NO/c1-8-4-5-10-9(7-8)3-2-6-11/h2-5,7,11H,6H2,1H3/b3-2+. The van der Waals surface area contributed by atoms with Gasteiger partial charge in [-0.05, 0) is 30.7 Å². The van der Waals surface area contributed by atoms with E-state index in [1.807, 2.05) is 19.1 Å². The maximum absolute atomic E-state index is 8.48. The third-order valence-corrected chi connectivity index (χ3v) is 1.33. The number of aromatic nitrogens is 1. The van der Waals surface area contributed by atoms with Crippen molar-refractivity contribution >= 4 is 6.08 Å². The molecule has 0 aliphatic rings. The van der Waals surface area contributed by atoms with Crippen molar-refractivity contribution in [2.45, 2.75) is 6.92 Å². The quantitative estimate of drug-likeness (QED) is 0.689. The van der Waals surface area contributed by atoms with Crippen LogP contribution in [0.3, 0.4) is 0 Å². The SMILES string of the molecule is Cc1ccnc(/C=C/CO)c1. The van der Waals surface area contributed by atoms with Crippen LogP contribution in [0.5, 0.6) is 0 Å². The van der Waals surface area contributed by atoms with E-state index < -0.39 is 0 Å². The van der Waals surface area contributed by atoms with E-state index in [0.29, 0.717) is 0 Å². The van der Waals surface area contributed by atoms with E-state index >= 15 is 0 Å². The fourth-order valence-electron chi connectivity index (χ4n) is 0.824. The molecule has 1 aromatic heterocycles. The summed E-state index contributed by atoms with van der Waals surface area (Å²) >= 11 is 0. The Morgan fingerprint density at radius 3 is 3.09 bits per heavy atom. The number of nitrogens with zero attached hydrogens (tertiary/aromatic N) is 1. The Balaban J connectivity index is 2.79. The lowest BCUT2D eigenvalue weighted by atomic mass is 10.2. The van der Waals surface area contributed by atoms with E-state index in [9.17, 15) is 0 Å². The summed E-state index contributed by atoms with van der Waals surface area (Å²) in [4.78, 5) is 4.08. The number of pyridine rings is 1. The molecule has 1 aromatic rings. The van der Waals surface area contributed by atoms with Gasteiger partial charge in [0.15, 0.2) is 0 Å². The summed E-state index contributed by atoms with van der Waals surface area (Å²) in [6, 6.07) is 3.91. The molecule has 1 heterocycles. The highest BCUT2D eigenvalue weighted by Gasteiger charge is 1.86. The Labute approximate surface area is 66.2 Å². The van der Waals surface area contributed by atoms with Crippen LogP contribution >= 0.6 is 0 Å². The Morgan fingerprint density at radius 2 is 2.45 bits per heavy atom. The first kappa shape index (κ1) is 7.95. The van der Waals surface area contributed by atoms with E-state index in [1.54, 1.807) is 18.3 Å². The molecule has 0 bridgehead atoms. The largest absolute Gasteiger partial charge is 0.392 e. The highest BCUT2D eigenvalue weighted by atomic mass is 16.2. The zero-order chi connectivity index (χ0) is 8.10. The van der Waals surface area contributed by atoms with Crippen molar-refractivity contribution in [1.82, 2.24) is 4.98 Å². The van der Waals surface area contributed by atoms with E-state index in [0.717, 1.165) is 5.69 Å². The Hall–Kier alpha value is -1.15. The lowest BCUT2D eigenvalue weighted by Gasteiger charge is -1.92. The summed E-state index contributed by atoms with van der Waals surface area (Å²) in [6.45, 7) is 2.08. The summed E-state index contributed by atoms with van der Waals surface area (Å²) in [5.74, 6) is 0. The normalized spacial score (nSPS) is 10.7. The van der Waals surface area contributed by atoms with E-state index in [2.05, 4.69) is 4.98 Å². The van der Waals surface area contributed by atoms with Gasteiger partial charge in [-0.25, -0.2) is 0 Å². The van der Waals surface area contributed by atoms with Crippen LogP contribution in [0.4, 0.5) is 0 Å². The molecule has 0 aromatic carbocycles. The summed E-state index contributed by atoms with van der Waals surface area (Å²) in [6.07, 6.45) is 5.22. The number of aliphatic hydroxyl groups is 1. The molecule has 1 N–H and O–H groups in total. The first-order valence-corrected chi connectivity index (χ1v) is 3.53. The van der Waals surface area contributed by atoms with Crippen LogP contribution in [0.25, 0.3) is 6.08 Å². The number of rotatable bonds is 2. The van der Waals surface area contributed by atoms with Crippen LogP contribution in [-0.4, -0.2) is 16.7 Å². The fraction of sp³-hybridized carbons (Fsp3) is 0.222. The zero-order valence-electron chi connectivity index (χ0n) is 6.49. The minimum atomic E-state index is 0.0651. The molecule has 0 saturated carbocycles. The molecule has 2 nitrogen and oxygen atoms in total. The second-order valence-electron chi connectivity index (χ2n) is 2.34. The molecule has 0 spiro atoms. The average Bonchev–Trinajstić information content (AvgIpc) is 2.01. The second-order valence-corrected chi connectivity index (χ2v) is 2.34. The lowest BCUT2D eigenvalue weighted by molar-refractivity contribution is 0.343.